The van der Waals surface area contributed by atoms with Crippen molar-refractivity contribution in [2.45, 2.75) is 44.7 Å². The zero-order chi connectivity index (χ0) is 11.5. The van der Waals surface area contributed by atoms with Crippen LogP contribution in [0.2, 0.25) is 0 Å². The molecule has 0 spiro atoms. The van der Waals surface area contributed by atoms with Crippen LogP contribution in [0.15, 0.2) is 0 Å². The maximum atomic E-state index is 5.94. The monoisotopic (exact) mass is 225 g/mol. The summed E-state index contributed by atoms with van der Waals surface area (Å²) >= 11 is 0. The van der Waals surface area contributed by atoms with Gasteiger partial charge in [-0.05, 0) is 39.3 Å². The number of nitrogens with zero attached hydrogens (tertiary/aromatic N) is 2. The molecule has 3 nitrogen and oxygen atoms in total. The summed E-state index contributed by atoms with van der Waals surface area (Å²) < 4.78 is 0. The molecule has 3 atom stereocenters. The van der Waals surface area contributed by atoms with Crippen molar-refractivity contribution < 1.29 is 0 Å². The van der Waals surface area contributed by atoms with Crippen molar-refractivity contribution in [2.75, 3.05) is 33.2 Å². The van der Waals surface area contributed by atoms with Crippen LogP contribution < -0.4 is 5.73 Å². The summed E-state index contributed by atoms with van der Waals surface area (Å²) in [7, 11) is 2.23. The zero-order valence-corrected chi connectivity index (χ0v) is 10.9. The van der Waals surface area contributed by atoms with E-state index >= 15 is 0 Å². The minimum atomic E-state index is 0.705. The molecule has 1 saturated heterocycles. The lowest BCUT2D eigenvalue weighted by atomic mass is 9.82. The molecule has 16 heavy (non-hydrogen) atoms. The smallest absolute Gasteiger partial charge is 0.0198 e. The summed E-state index contributed by atoms with van der Waals surface area (Å²) in [5, 5.41) is 0. The van der Waals surface area contributed by atoms with E-state index in [0.29, 0.717) is 6.04 Å². The molecule has 3 heteroatoms. The lowest BCUT2D eigenvalue weighted by Gasteiger charge is -2.47. The third kappa shape index (κ3) is 2.58. The predicted molar refractivity (Wildman–Crippen MR) is 68.5 cm³/mol. The van der Waals surface area contributed by atoms with E-state index in [9.17, 15) is 0 Å². The Morgan fingerprint density at radius 3 is 2.62 bits per heavy atom. The number of hydrogen-bond donors (Lipinski definition) is 1. The first kappa shape index (κ1) is 12.3. The highest BCUT2D eigenvalue weighted by Gasteiger charge is 2.33. The molecular formula is C13H27N3. The van der Waals surface area contributed by atoms with Crippen LogP contribution in [0.3, 0.4) is 0 Å². The van der Waals surface area contributed by atoms with Crippen molar-refractivity contribution in [3.05, 3.63) is 0 Å². The molecule has 0 aromatic carbocycles. The van der Waals surface area contributed by atoms with Gasteiger partial charge in [-0.2, -0.15) is 0 Å². The quantitative estimate of drug-likeness (QED) is 0.765. The van der Waals surface area contributed by atoms with Crippen LogP contribution in [0, 0.1) is 5.92 Å². The van der Waals surface area contributed by atoms with Gasteiger partial charge in [0.15, 0.2) is 0 Å². The van der Waals surface area contributed by atoms with Gasteiger partial charge < -0.3 is 10.6 Å². The van der Waals surface area contributed by atoms with Crippen molar-refractivity contribution in [2.24, 2.45) is 11.7 Å². The Morgan fingerprint density at radius 1 is 1.19 bits per heavy atom. The fourth-order valence-electron chi connectivity index (χ4n) is 3.55. The second-order valence-electron chi connectivity index (χ2n) is 5.70. The van der Waals surface area contributed by atoms with Crippen LogP contribution in [0.4, 0.5) is 0 Å². The highest BCUT2D eigenvalue weighted by atomic mass is 15.3. The Morgan fingerprint density at radius 2 is 1.94 bits per heavy atom. The number of likely N-dealkylation sites (N-methyl/N-ethyl adjacent to an activating group) is 1. The van der Waals surface area contributed by atoms with Crippen LogP contribution in [0.5, 0.6) is 0 Å². The Hall–Kier alpha value is -0.120. The van der Waals surface area contributed by atoms with E-state index in [0.717, 1.165) is 18.5 Å². The third-order valence-electron chi connectivity index (χ3n) is 4.48. The molecule has 0 aromatic heterocycles. The lowest BCUT2D eigenvalue weighted by Crippen LogP contribution is -2.57. The SMILES string of the molecule is CC1CN(C)CCN1C1CCCCC1CN. The van der Waals surface area contributed by atoms with Gasteiger partial charge in [0.2, 0.25) is 0 Å². The molecule has 1 aliphatic carbocycles. The predicted octanol–water partition coefficient (Wildman–Crippen LogP) is 1.14. The molecule has 3 unspecified atom stereocenters. The first-order chi connectivity index (χ1) is 7.72. The number of hydrogen-bond acceptors (Lipinski definition) is 3. The van der Waals surface area contributed by atoms with Crippen molar-refractivity contribution in [1.82, 2.24) is 9.80 Å². The van der Waals surface area contributed by atoms with Crippen molar-refractivity contribution in [3.8, 4) is 0 Å². The average molecular weight is 225 g/mol. The van der Waals surface area contributed by atoms with Gasteiger partial charge in [-0.1, -0.05) is 12.8 Å². The topological polar surface area (TPSA) is 32.5 Å². The fraction of sp³-hybridized carbons (Fsp3) is 1.00. The average Bonchev–Trinajstić information content (AvgIpc) is 2.29. The maximum absolute atomic E-state index is 5.94. The lowest BCUT2D eigenvalue weighted by molar-refractivity contribution is 0.0211. The molecule has 2 rings (SSSR count). The van der Waals surface area contributed by atoms with E-state index in [2.05, 4.69) is 23.8 Å². The molecule has 0 aromatic rings. The van der Waals surface area contributed by atoms with Crippen LogP contribution in [0.25, 0.3) is 0 Å². The zero-order valence-electron chi connectivity index (χ0n) is 10.9. The molecule has 2 N–H and O–H groups in total. The largest absolute Gasteiger partial charge is 0.330 e. The van der Waals surface area contributed by atoms with Gasteiger partial charge in [-0.25, -0.2) is 0 Å². The first-order valence-electron chi connectivity index (χ1n) is 6.86. The normalized spacial score (nSPS) is 38.8. The van der Waals surface area contributed by atoms with E-state index in [1.54, 1.807) is 0 Å². The maximum Gasteiger partial charge on any atom is 0.0198 e. The molecule has 0 radical (unpaired) electrons. The highest BCUT2D eigenvalue weighted by molar-refractivity contribution is 4.89. The third-order valence-corrected chi connectivity index (χ3v) is 4.48. The minimum absolute atomic E-state index is 0.705. The Labute approximate surface area is 100.0 Å². The van der Waals surface area contributed by atoms with Gasteiger partial charge in [0, 0.05) is 31.7 Å². The van der Waals surface area contributed by atoms with E-state index in [4.69, 9.17) is 5.73 Å². The van der Waals surface area contributed by atoms with Gasteiger partial charge in [0.05, 0.1) is 0 Å². The van der Waals surface area contributed by atoms with Crippen LogP contribution in [0.1, 0.15) is 32.6 Å². The van der Waals surface area contributed by atoms with Gasteiger partial charge in [0.1, 0.15) is 0 Å². The minimum Gasteiger partial charge on any atom is -0.330 e. The summed E-state index contributed by atoms with van der Waals surface area (Å²) in [5.74, 6) is 0.750. The van der Waals surface area contributed by atoms with E-state index in [1.165, 1.54) is 45.3 Å². The molecule has 1 aliphatic heterocycles. The highest BCUT2D eigenvalue weighted by Crippen LogP contribution is 2.30. The molecule has 1 heterocycles. The summed E-state index contributed by atoms with van der Waals surface area (Å²) in [4.78, 5) is 5.18. The van der Waals surface area contributed by atoms with Gasteiger partial charge >= 0.3 is 0 Å². The summed E-state index contributed by atoms with van der Waals surface area (Å²) in [6.07, 6.45) is 5.51. The van der Waals surface area contributed by atoms with Gasteiger partial charge in [-0.15, -0.1) is 0 Å². The Balaban J connectivity index is 1.98. The summed E-state index contributed by atoms with van der Waals surface area (Å²) in [6, 6.07) is 1.47. The van der Waals surface area contributed by atoms with Gasteiger partial charge in [-0.3, -0.25) is 4.90 Å². The number of piperazine rings is 1. The van der Waals surface area contributed by atoms with Crippen molar-refractivity contribution in [1.29, 1.82) is 0 Å². The summed E-state index contributed by atoms with van der Waals surface area (Å²) in [6.45, 7) is 6.92. The molecule has 0 amide bonds. The van der Waals surface area contributed by atoms with Crippen LogP contribution >= 0.6 is 0 Å². The molecule has 0 bridgehead atoms. The Bertz CT molecular complexity index is 219. The second-order valence-corrected chi connectivity index (χ2v) is 5.70. The number of rotatable bonds is 2. The molecule has 1 saturated carbocycles. The van der Waals surface area contributed by atoms with Crippen LogP contribution in [-0.2, 0) is 0 Å². The molecule has 94 valence electrons. The molecule has 2 fully saturated rings. The standard InChI is InChI=1S/C13H27N3/c1-11-10-15(2)7-8-16(11)13-6-4-3-5-12(13)9-14/h11-13H,3-10,14H2,1-2H3. The fourth-order valence-corrected chi connectivity index (χ4v) is 3.55. The Kier molecular flexibility index (Phi) is 4.22. The van der Waals surface area contributed by atoms with Crippen molar-refractivity contribution >= 4 is 0 Å². The van der Waals surface area contributed by atoms with Crippen molar-refractivity contribution in [3.63, 3.8) is 0 Å². The number of nitrogens with two attached hydrogens (primary N) is 1. The molecule has 2 aliphatic rings. The molecular weight excluding hydrogens is 198 g/mol. The van der Waals surface area contributed by atoms with Gasteiger partial charge in [0.25, 0.3) is 0 Å². The van der Waals surface area contributed by atoms with E-state index < -0.39 is 0 Å². The van der Waals surface area contributed by atoms with Crippen LogP contribution in [-0.4, -0.2) is 55.1 Å². The van der Waals surface area contributed by atoms with E-state index in [-0.39, 0.29) is 0 Å². The second kappa shape index (κ2) is 5.48. The first-order valence-corrected chi connectivity index (χ1v) is 6.86. The summed E-state index contributed by atoms with van der Waals surface area (Å²) in [5.41, 5.74) is 5.94. The van der Waals surface area contributed by atoms with E-state index in [1.807, 2.05) is 0 Å².